The Morgan fingerprint density at radius 2 is 2.03 bits per heavy atom. The number of rotatable bonds is 4. The van der Waals surface area contributed by atoms with Gasteiger partial charge in [0.1, 0.15) is 5.75 Å². The van der Waals surface area contributed by atoms with E-state index in [9.17, 15) is 22.8 Å². The van der Waals surface area contributed by atoms with Gasteiger partial charge in [0.2, 0.25) is 0 Å². The third kappa shape index (κ3) is 4.85. The lowest BCUT2D eigenvalue weighted by Crippen LogP contribution is -2.51. The lowest BCUT2D eigenvalue weighted by molar-refractivity contribution is -0.274. The van der Waals surface area contributed by atoms with E-state index in [1.54, 1.807) is 17.3 Å². The first kappa shape index (κ1) is 22.1. The van der Waals surface area contributed by atoms with E-state index in [0.717, 1.165) is 16.2 Å². The lowest BCUT2D eigenvalue weighted by Gasteiger charge is -2.37. The summed E-state index contributed by atoms with van der Waals surface area (Å²) in [5.41, 5.74) is -0.186. The molecule has 32 heavy (non-hydrogen) atoms. The summed E-state index contributed by atoms with van der Waals surface area (Å²) in [6, 6.07) is 8.66. The van der Waals surface area contributed by atoms with E-state index in [-0.39, 0.29) is 23.4 Å². The van der Waals surface area contributed by atoms with Crippen LogP contribution in [0.3, 0.4) is 0 Å². The number of alkyl halides is 3. The van der Waals surface area contributed by atoms with Gasteiger partial charge in [-0.3, -0.25) is 14.6 Å². The van der Waals surface area contributed by atoms with Gasteiger partial charge in [-0.2, -0.15) is 0 Å². The molecule has 0 bridgehead atoms. The number of ether oxygens (including phenoxy) is 1. The van der Waals surface area contributed by atoms with E-state index < -0.39 is 18.0 Å². The van der Waals surface area contributed by atoms with E-state index in [4.69, 9.17) is 0 Å². The number of fused-ring (bicyclic) bond motifs is 1. The molecule has 6 nitrogen and oxygen atoms in total. The van der Waals surface area contributed by atoms with Crippen molar-refractivity contribution in [3.63, 3.8) is 0 Å². The number of amides is 2. The summed E-state index contributed by atoms with van der Waals surface area (Å²) >= 11 is 1.39. The lowest BCUT2D eigenvalue weighted by atomic mass is 9.93. The number of piperidine rings is 1. The fraction of sp³-hybridized carbons (Fsp3) is 0.318. The average Bonchev–Trinajstić information content (AvgIpc) is 3.18. The molecule has 168 valence electrons. The molecule has 2 atom stereocenters. The molecule has 0 saturated carbocycles. The maximum absolute atomic E-state index is 12.9. The van der Waals surface area contributed by atoms with Gasteiger partial charge < -0.3 is 15.0 Å². The Labute approximate surface area is 186 Å². The number of hydrogen-bond donors (Lipinski definition) is 1. The monoisotopic (exact) mass is 463 g/mol. The fourth-order valence-corrected chi connectivity index (χ4v) is 4.80. The molecule has 10 heteroatoms. The van der Waals surface area contributed by atoms with Crippen LogP contribution in [0.5, 0.6) is 5.75 Å². The molecule has 0 spiro atoms. The van der Waals surface area contributed by atoms with Gasteiger partial charge in [0.25, 0.3) is 11.8 Å². The molecule has 1 aliphatic heterocycles. The highest BCUT2D eigenvalue weighted by Gasteiger charge is 2.34. The number of thiophene rings is 1. The van der Waals surface area contributed by atoms with E-state index in [0.29, 0.717) is 24.4 Å². The second kappa shape index (κ2) is 8.78. The number of nitrogens with zero attached hydrogens (tertiary/aromatic N) is 2. The predicted octanol–water partition coefficient (Wildman–Crippen LogP) is 4.48. The number of aromatic nitrogens is 1. The third-order valence-electron chi connectivity index (χ3n) is 5.40. The summed E-state index contributed by atoms with van der Waals surface area (Å²) in [6.07, 6.45) is -0.996. The SMILES string of the molecule is C[C@H]1CN(C(=O)c2cc3ccncc3s2)CC[C@H]1NC(=O)c1ccccc1OC(F)(F)F. The number of carbonyl (C=O) groups is 2. The molecule has 1 N–H and O–H groups in total. The van der Waals surface area contributed by atoms with Crippen LogP contribution in [0.1, 0.15) is 33.4 Å². The van der Waals surface area contributed by atoms with Crippen molar-refractivity contribution < 1.29 is 27.5 Å². The Balaban J connectivity index is 1.41. The zero-order chi connectivity index (χ0) is 22.9. The van der Waals surface area contributed by atoms with E-state index in [1.165, 1.54) is 29.5 Å². The first-order chi connectivity index (χ1) is 15.2. The highest BCUT2D eigenvalue weighted by molar-refractivity contribution is 7.20. The standard InChI is InChI=1S/C22H20F3N3O3S/c1-13-12-28(21(30)18-10-14-6-8-26-11-19(14)32-18)9-7-16(13)27-20(29)15-4-2-3-5-17(15)31-22(23,24)25/h2-6,8,10-11,13,16H,7,9,12H2,1H3,(H,27,29)/t13-,16+/m0/s1. The van der Waals surface area contributed by atoms with Crippen LogP contribution in [0.2, 0.25) is 0 Å². The first-order valence-corrected chi connectivity index (χ1v) is 10.8. The summed E-state index contributed by atoms with van der Waals surface area (Å²) in [5, 5.41) is 3.76. The number of carbonyl (C=O) groups excluding carboxylic acids is 2. The summed E-state index contributed by atoms with van der Waals surface area (Å²) in [6.45, 7) is 2.76. The maximum atomic E-state index is 12.9. The highest BCUT2D eigenvalue weighted by atomic mass is 32.1. The highest BCUT2D eigenvalue weighted by Crippen LogP contribution is 2.29. The number of hydrogen-bond acceptors (Lipinski definition) is 5. The minimum Gasteiger partial charge on any atom is -0.405 e. The van der Waals surface area contributed by atoms with Crippen molar-refractivity contribution in [3.8, 4) is 5.75 Å². The zero-order valence-corrected chi connectivity index (χ0v) is 17.9. The van der Waals surface area contributed by atoms with Crippen molar-refractivity contribution in [1.29, 1.82) is 0 Å². The Bertz CT molecular complexity index is 1110. The van der Waals surface area contributed by atoms with Crippen LogP contribution in [0.25, 0.3) is 10.1 Å². The van der Waals surface area contributed by atoms with Crippen molar-refractivity contribution in [2.75, 3.05) is 13.1 Å². The van der Waals surface area contributed by atoms with Crippen LogP contribution in [-0.4, -0.2) is 47.2 Å². The molecular weight excluding hydrogens is 443 g/mol. The minimum absolute atomic E-state index is 0.0771. The quantitative estimate of drug-likeness (QED) is 0.620. The first-order valence-electron chi connectivity index (χ1n) is 10.00. The summed E-state index contributed by atoms with van der Waals surface area (Å²) in [5.74, 6) is -1.34. The number of nitrogens with one attached hydrogen (secondary N) is 1. The van der Waals surface area contributed by atoms with E-state index >= 15 is 0 Å². The van der Waals surface area contributed by atoms with Gasteiger partial charge in [0.15, 0.2) is 0 Å². The Morgan fingerprint density at radius 3 is 2.75 bits per heavy atom. The molecule has 0 aliphatic carbocycles. The largest absolute Gasteiger partial charge is 0.573 e. The van der Waals surface area contributed by atoms with Gasteiger partial charge >= 0.3 is 6.36 Å². The van der Waals surface area contributed by atoms with Crippen LogP contribution >= 0.6 is 11.3 Å². The topological polar surface area (TPSA) is 71.5 Å². The molecule has 3 aromatic rings. The maximum Gasteiger partial charge on any atom is 0.573 e. The molecule has 1 aliphatic rings. The van der Waals surface area contributed by atoms with Gasteiger partial charge in [0, 0.05) is 31.5 Å². The molecule has 2 aromatic heterocycles. The van der Waals surface area contributed by atoms with Crippen LogP contribution < -0.4 is 10.1 Å². The van der Waals surface area contributed by atoms with Crippen LogP contribution in [0.4, 0.5) is 13.2 Å². The van der Waals surface area contributed by atoms with Gasteiger partial charge in [-0.25, -0.2) is 0 Å². The Kier molecular flexibility index (Phi) is 6.05. The van der Waals surface area contributed by atoms with Crippen LogP contribution in [0, 0.1) is 5.92 Å². The number of likely N-dealkylation sites (tertiary alicyclic amines) is 1. The second-order valence-corrected chi connectivity index (χ2v) is 8.75. The third-order valence-corrected chi connectivity index (χ3v) is 6.47. The fourth-order valence-electron chi connectivity index (χ4n) is 3.80. The Hall–Kier alpha value is -3.14. The molecule has 4 rings (SSSR count). The molecule has 1 aromatic carbocycles. The number of para-hydroxylation sites is 1. The van der Waals surface area contributed by atoms with Crippen molar-refractivity contribution in [1.82, 2.24) is 15.2 Å². The predicted molar refractivity (Wildman–Crippen MR) is 114 cm³/mol. The molecule has 2 amide bonds. The number of halogens is 3. The van der Waals surface area contributed by atoms with Crippen LogP contribution in [0.15, 0.2) is 48.8 Å². The number of benzene rings is 1. The second-order valence-electron chi connectivity index (χ2n) is 7.67. The van der Waals surface area contributed by atoms with Crippen molar-refractivity contribution in [2.45, 2.75) is 25.7 Å². The van der Waals surface area contributed by atoms with Crippen LogP contribution in [-0.2, 0) is 0 Å². The molecular formula is C22H20F3N3O3S. The summed E-state index contributed by atoms with van der Waals surface area (Å²) in [7, 11) is 0. The average molecular weight is 463 g/mol. The minimum atomic E-state index is -4.89. The smallest absolute Gasteiger partial charge is 0.405 e. The normalized spacial score (nSPS) is 19.1. The summed E-state index contributed by atoms with van der Waals surface area (Å²) in [4.78, 5) is 32.0. The molecule has 0 unspecified atom stereocenters. The van der Waals surface area contributed by atoms with Crippen molar-refractivity contribution in [2.24, 2.45) is 5.92 Å². The van der Waals surface area contributed by atoms with Gasteiger partial charge in [0.05, 0.1) is 15.1 Å². The molecule has 0 radical (unpaired) electrons. The molecule has 1 saturated heterocycles. The van der Waals surface area contributed by atoms with Gasteiger partial charge in [-0.1, -0.05) is 19.1 Å². The van der Waals surface area contributed by atoms with Crippen molar-refractivity contribution >= 4 is 33.2 Å². The molecule has 1 fully saturated rings. The zero-order valence-electron chi connectivity index (χ0n) is 17.1. The van der Waals surface area contributed by atoms with Gasteiger partial charge in [-0.15, -0.1) is 24.5 Å². The van der Waals surface area contributed by atoms with E-state index in [2.05, 4.69) is 15.0 Å². The van der Waals surface area contributed by atoms with Gasteiger partial charge in [-0.05, 0) is 42.0 Å². The Morgan fingerprint density at radius 1 is 1.25 bits per heavy atom. The number of pyridine rings is 1. The van der Waals surface area contributed by atoms with E-state index in [1.807, 2.05) is 19.1 Å². The van der Waals surface area contributed by atoms with Crippen molar-refractivity contribution in [3.05, 3.63) is 59.2 Å². The molecule has 3 heterocycles. The summed E-state index contributed by atoms with van der Waals surface area (Å²) < 4.78 is 42.8.